The number of hydrogen-bond acceptors (Lipinski definition) is 1. The minimum atomic E-state index is 1.00. The molecular formula is C20H17N2+. The standard InChI is InChI=1S/C20H17N2/c1-14-8-9-16-11-10-15-6-3-4-7-17(15)19(16)18(14)20-21-12-5-13-22(20)2/h3-13H,1-2H3/q+1. The molecule has 2 nitrogen and oxygen atoms in total. The molecule has 0 aliphatic rings. The fraction of sp³-hybridized carbons (Fsp3) is 0.100. The smallest absolute Gasteiger partial charge is 0.233 e. The molecule has 0 saturated heterocycles. The van der Waals surface area contributed by atoms with Crippen LogP contribution in [-0.2, 0) is 7.05 Å². The van der Waals surface area contributed by atoms with Crippen LogP contribution in [0.15, 0.2) is 67.0 Å². The molecule has 0 aliphatic carbocycles. The number of benzene rings is 3. The third-order valence-electron chi connectivity index (χ3n) is 4.27. The molecule has 0 radical (unpaired) electrons. The number of rotatable bonds is 1. The van der Waals surface area contributed by atoms with E-state index in [9.17, 15) is 0 Å². The number of aryl methyl sites for hydroxylation is 2. The molecule has 0 unspecified atom stereocenters. The summed E-state index contributed by atoms with van der Waals surface area (Å²) in [5.41, 5.74) is 2.47. The zero-order valence-electron chi connectivity index (χ0n) is 12.7. The van der Waals surface area contributed by atoms with Crippen LogP contribution >= 0.6 is 0 Å². The van der Waals surface area contributed by atoms with Crippen molar-refractivity contribution in [3.8, 4) is 11.4 Å². The maximum Gasteiger partial charge on any atom is 0.330 e. The number of fused-ring (bicyclic) bond motifs is 3. The van der Waals surface area contributed by atoms with Crippen molar-refractivity contribution in [3.05, 3.63) is 72.6 Å². The Bertz CT molecular complexity index is 1000. The Balaban J connectivity index is 2.24. The van der Waals surface area contributed by atoms with Crippen molar-refractivity contribution in [2.24, 2.45) is 7.05 Å². The van der Waals surface area contributed by atoms with Crippen molar-refractivity contribution in [1.82, 2.24) is 4.98 Å². The van der Waals surface area contributed by atoms with E-state index in [4.69, 9.17) is 0 Å². The van der Waals surface area contributed by atoms with Crippen LogP contribution in [0.25, 0.3) is 32.9 Å². The Morgan fingerprint density at radius 1 is 0.864 bits per heavy atom. The van der Waals surface area contributed by atoms with E-state index >= 15 is 0 Å². The first kappa shape index (κ1) is 13.0. The zero-order valence-corrected chi connectivity index (χ0v) is 12.7. The molecule has 3 aromatic carbocycles. The molecule has 4 rings (SSSR count). The van der Waals surface area contributed by atoms with Crippen molar-refractivity contribution in [1.29, 1.82) is 0 Å². The van der Waals surface area contributed by atoms with Crippen LogP contribution in [0, 0.1) is 6.92 Å². The van der Waals surface area contributed by atoms with Gasteiger partial charge >= 0.3 is 5.82 Å². The van der Waals surface area contributed by atoms with E-state index < -0.39 is 0 Å². The lowest BCUT2D eigenvalue weighted by Gasteiger charge is -2.10. The summed E-state index contributed by atoms with van der Waals surface area (Å²) in [7, 11) is 2.05. The van der Waals surface area contributed by atoms with Gasteiger partial charge in [0.25, 0.3) is 0 Å². The normalized spacial score (nSPS) is 11.2. The zero-order chi connectivity index (χ0) is 15.1. The van der Waals surface area contributed by atoms with Crippen molar-refractivity contribution in [2.75, 3.05) is 0 Å². The molecule has 0 bridgehead atoms. The molecule has 0 aliphatic heterocycles. The van der Waals surface area contributed by atoms with E-state index in [-0.39, 0.29) is 0 Å². The van der Waals surface area contributed by atoms with E-state index in [1.807, 2.05) is 25.5 Å². The molecule has 1 heterocycles. The van der Waals surface area contributed by atoms with Gasteiger partial charge in [0.05, 0.1) is 18.8 Å². The average molecular weight is 285 g/mol. The van der Waals surface area contributed by atoms with Crippen molar-refractivity contribution < 1.29 is 4.57 Å². The second-order valence-electron chi connectivity index (χ2n) is 5.70. The fourth-order valence-electron chi connectivity index (χ4n) is 3.17. The summed E-state index contributed by atoms with van der Waals surface area (Å²) in [6.45, 7) is 2.16. The highest BCUT2D eigenvalue weighted by atomic mass is 15.0. The molecule has 22 heavy (non-hydrogen) atoms. The monoisotopic (exact) mass is 285 g/mol. The summed E-state index contributed by atoms with van der Waals surface area (Å²) < 4.78 is 2.09. The van der Waals surface area contributed by atoms with Gasteiger partial charge in [0.15, 0.2) is 0 Å². The lowest BCUT2D eigenvalue weighted by Crippen LogP contribution is -2.31. The number of aromatic nitrogens is 2. The van der Waals surface area contributed by atoms with Gasteiger partial charge < -0.3 is 0 Å². The van der Waals surface area contributed by atoms with Gasteiger partial charge in [-0.05, 0) is 33.6 Å². The summed E-state index contributed by atoms with van der Waals surface area (Å²) in [6.07, 6.45) is 3.91. The number of nitrogens with zero attached hydrogens (tertiary/aromatic N) is 2. The molecular weight excluding hydrogens is 268 g/mol. The highest BCUT2D eigenvalue weighted by molar-refractivity contribution is 6.14. The molecule has 1 aromatic heterocycles. The van der Waals surface area contributed by atoms with Crippen LogP contribution in [-0.4, -0.2) is 4.98 Å². The summed E-state index contributed by atoms with van der Waals surface area (Å²) >= 11 is 0. The van der Waals surface area contributed by atoms with Crippen LogP contribution in [0.1, 0.15) is 5.56 Å². The second-order valence-corrected chi connectivity index (χ2v) is 5.70. The first-order chi connectivity index (χ1) is 10.8. The summed E-state index contributed by atoms with van der Waals surface area (Å²) in [5.74, 6) is 1.00. The van der Waals surface area contributed by atoms with Gasteiger partial charge in [0.2, 0.25) is 0 Å². The molecule has 106 valence electrons. The molecule has 0 amide bonds. The highest BCUT2D eigenvalue weighted by Crippen LogP contribution is 2.34. The van der Waals surface area contributed by atoms with Gasteiger partial charge in [0.1, 0.15) is 6.20 Å². The molecule has 0 atom stereocenters. The fourth-order valence-corrected chi connectivity index (χ4v) is 3.17. The Morgan fingerprint density at radius 3 is 2.50 bits per heavy atom. The van der Waals surface area contributed by atoms with E-state index in [1.54, 1.807) is 0 Å². The molecule has 0 saturated carbocycles. The third kappa shape index (κ3) is 1.88. The predicted molar refractivity (Wildman–Crippen MR) is 90.6 cm³/mol. The van der Waals surface area contributed by atoms with Gasteiger partial charge in [-0.25, -0.2) is 4.57 Å². The molecule has 4 aromatic rings. The largest absolute Gasteiger partial charge is 0.330 e. The Hall–Kier alpha value is -2.74. The van der Waals surface area contributed by atoms with Gasteiger partial charge in [-0.1, -0.05) is 48.5 Å². The van der Waals surface area contributed by atoms with Crippen molar-refractivity contribution in [3.63, 3.8) is 0 Å². The molecule has 0 fully saturated rings. The SMILES string of the molecule is Cc1ccc2ccc3ccccc3c2c1-c1nccc[n+]1C. The first-order valence-corrected chi connectivity index (χ1v) is 7.48. The van der Waals surface area contributed by atoms with Gasteiger partial charge in [-0.2, -0.15) is 0 Å². The lowest BCUT2D eigenvalue weighted by molar-refractivity contribution is -0.663. The lowest BCUT2D eigenvalue weighted by atomic mass is 9.94. The minimum Gasteiger partial charge on any atom is -0.233 e. The van der Waals surface area contributed by atoms with Crippen LogP contribution in [0.3, 0.4) is 0 Å². The van der Waals surface area contributed by atoms with E-state index in [1.165, 1.54) is 32.7 Å². The van der Waals surface area contributed by atoms with Crippen LogP contribution in [0.5, 0.6) is 0 Å². The van der Waals surface area contributed by atoms with E-state index in [2.05, 4.69) is 65.0 Å². The Labute approximate surface area is 129 Å². The molecule has 0 N–H and O–H groups in total. The highest BCUT2D eigenvalue weighted by Gasteiger charge is 2.19. The Morgan fingerprint density at radius 2 is 1.64 bits per heavy atom. The van der Waals surface area contributed by atoms with Crippen molar-refractivity contribution >= 4 is 21.5 Å². The maximum atomic E-state index is 4.63. The van der Waals surface area contributed by atoms with Crippen LogP contribution < -0.4 is 4.57 Å². The second kappa shape index (κ2) is 4.92. The number of hydrogen-bond donors (Lipinski definition) is 0. The van der Waals surface area contributed by atoms with Gasteiger partial charge in [-0.3, -0.25) is 0 Å². The van der Waals surface area contributed by atoms with Crippen LogP contribution in [0.2, 0.25) is 0 Å². The topological polar surface area (TPSA) is 16.8 Å². The predicted octanol–water partition coefficient (Wildman–Crippen LogP) is 4.19. The maximum absolute atomic E-state index is 4.63. The van der Waals surface area contributed by atoms with Gasteiger partial charge in [0, 0.05) is 11.5 Å². The van der Waals surface area contributed by atoms with Crippen LogP contribution in [0.4, 0.5) is 0 Å². The van der Waals surface area contributed by atoms with Crippen molar-refractivity contribution in [2.45, 2.75) is 6.92 Å². The average Bonchev–Trinajstić information content (AvgIpc) is 2.55. The Kier molecular flexibility index (Phi) is 2.90. The minimum absolute atomic E-state index is 1.00. The van der Waals surface area contributed by atoms with Gasteiger partial charge in [-0.15, -0.1) is 0 Å². The third-order valence-corrected chi connectivity index (χ3v) is 4.27. The summed E-state index contributed by atoms with van der Waals surface area (Å²) in [6, 6.07) is 19.3. The summed E-state index contributed by atoms with van der Waals surface area (Å²) in [5, 5.41) is 5.09. The van der Waals surface area contributed by atoms with E-state index in [0.717, 1.165) is 5.82 Å². The quantitative estimate of drug-likeness (QED) is 0.378. The first-order valence-electron chi connectivity index (χ1n) is 7.48. The molecule has 0 spiro atoms. The van der Waals surface area contributed by atoms with E-state index in [0.29, 0.717) is 0 Å². The summed E-state index contributed by atoms with van der Waals surface area (Å²) in [4.78, 5) is 4.63. The molecule has 2 heteroatoms.